The topological polar surface area (TPSA) is 51.2 Å². The molecule has 0 saturated heterocycles. The van der Waals surface area contributed by atoms with Gasteiger partial charge in [-0.3, -0.25) is 4.79 Å². The lowest BCUT2D eigenvalue weighted by Gasteiger charge is -2.02. The summed E-state index contributed by atoms with van der Waals surface area (Å²) in [6.07, 6.45) is 4.32. The van der Waals surface area contributed by atoms with Gasteiger partial charge in [-0.25, -0.2) is 8.42 Å². The molecule has 0 N–H and O–H groups in total. The van der Waals surface area contributed by atoms with Crippen molar-refractivity contribution in [1.82, 2.24) is 0 Å². The van der Waals surface area contributed by atoms with Crippen LogP contribution in [0.3, 0.4) is 0 Å². The van der Waals surface area contributed by atoms with E-state index in [4.69, 9.17) is 0 Å². The zero-order valence-corrected chi connectivity index (χ0v) is 11.1. The quantitative estimate of drug-likeness (QED) is 0.732. The summed E-state index contributed by atoms with van der Waals surface area (Å²) in [5, 5.41) is 0. The molecule has 0 amide bonds. The number of Topliss-reactive ketones (excluding diaryl/α,β-unsaturated/α-hetero) is 1. The van der Waals surface area contributed by atoms with Gasteiger partial charge in [-0.05, 0) is 18.4 Å². The third kappa shape index (κ3) is 5.13. The fraction of sp³-hybridized carbons (Fsp3) is 0.462. The summed E-state index contributed by atoms with van der Waals surface area (Å²) in [7, 11) is -3.25. The third-order valence-corrected chi connectivity index (χ3v) is 3.27. The van der Waals surface area contributed by atoms with Gasteiger partial charge in [0.2, 0.25) is 0 Å². The van der Waals surface area contributed by atoms with Gasteiger partial charge < -0.3 is 0 Å². The lowest BCUT2D eigenvalue weighted by atomic mass is 10.1. The highest BCUT2D eigenvalue weighted by Gasteiger charge is 2.12. The van der Waals surface area contributed by atoms with Crippen LogP contribution in [0.15, 0.2) is 24.3 Å². The molecule has 1 rings (SSSR count). The molecule has 17 heavy (non-hydrogen) atoms. The maximum Gasteiger partial charge on any atom is 0.177 e. The lowest BCUT2D eigenvalue weighted by molar-refractivity contribution is 0.102. The average molecular weight is 254 g/mol. The Bertz CT molecular complexity index is 472. The van der Waals surface area contributed by atoms with E-state index in [-0.39, 0.29) is 5.78 Å². The number of benzene rings is 1. The summed E-state index contributed by atoms with van der Waals surface area (Å²) in [6, 6.07) is 7.20. The maximum atomic E-state index is 11.6. The molecule has 94 valence electrons. The summed E-state index contributed by atoms with van der Waals surface area (Å²) < 4.78 is 22.0. The molecular formula is C13H18O3S. The van der Waals surface area contributed by atoms with Crippen molar-refractivity contribution in [2.75, 3.05) is 12.0 Å². The number of unbranched alkanes of at least 4 members (excludes halogenated alkanes) is 1. The van der Waals surface area contributed by atoms with Gasteiger partial charge in [0.05, 0.1) is 0 Å². The number of rotatable bonds is 6. The first-order valence-electron chi connectivity index (χ1n) is 5.72. The number of aryl methyl sites for hydroxylation is 1. The Morgan fingerprint density at radius 1 is 1.18 bits per heavy atom. The average Bonchev–Trinajstić information content (AvgIpc) is 2.24. The Morgan fingerprint density at radius 2 is 1.76 bits per heavy atom. The molecule has 0 fully saturated rings. The number of sulfone groups is 1. The Morgan fingerprint density at radius 3 is 2.24 bits per heavy atom. The molecule has 4 heteroatoms. The minimum Gasteiger partial charge on any atom is -0.293 e. The fourth-order valence-corrected chi connectivity index (χ4v) is 2.20. The second kappa shape index (κ2) is 5.96. The van der Waals surface area contributed by atoms with Crippen LogP contribution >= 0.6 is 0 Å². The molecule has 0 atom stereocenters. The molecule has 0 saturated carbocycles. The molecule has 1 aromatic rings. The summed E-state index contributed by atoms with van der Waals surface area (Å²) in [6.45, 7) is 2.13. The molecular weight excluding hydrogens is 236 g/mol. The zero-order valence-electron chi connectivity index (χ0n) is 10.3. The van der Waals surface area contributed by atoms with Gasteiger partial charge in [-0.2, -0.15) is 0 Å². The van der Waals surface area contributed by atoms with Crippen LogP contribution in [0.25, 0.3) is 0 Å². The van der Waals surface area contributed by atoms with Gasteiger partial charge >= 0.3 is 0 Å². The van der Waals surface area contributed by atoms with Crippen molar-refractivity contribution in [1.29, 1.82) is 0 Å². The molecule has 0 unspecified atom stereocenters. The Labute approximate surface area is 103 Å². The Kier molecular flexibility index (Phi) is 4.87. The second-order valence-electron chi connectivity index (χ2n) is 4.29. The smallest absolute Gasteiger partial charge is 0.177 e. The second-order valence-corrected chi connectivity index (χ2v) is 6.43. The van der Waals surface area contributed by atoms with Crippen molar-refractivity contribution >= 4 is 15.6 Å². The van der Waals surface area contributed by atoms with Crippen LogP contribution in [-0.2, 0) is 16.3 Å². The van der Waals surface area contributed by atoms with Gasteiger partial charge in [-0.15, -0.1) is 0 Å². The van der Waals surface area contributed by atoms with Crippen molar-refractivity contribution in [3.05, 3.63) is 35.4 Å². The molecule has 0 bridgehead atoms. The molecule has 1 aromatic carbocycles. The largest absolute Gasteiger partial charge is 0.293 e. The number of carbonyl (C=O) groups excluding carboxylic acids is 1. The summed E-state index contributed by atoms with van der Waals surface area (Å²) in [5.74, 6) is -0.754. The third-order valence-electron chi connectivity index (χ3n) is 2.49. The van der Waals surface area contributed by atoms with Gasteiger partial charge in [0.25, 0.3) is 0 Å². The fourth-order valence-electron chi connectivity index (χ4n) is 1.56. The van der Waals surface area contributed by atoms with Crippen molar-refractivity contribution in [3.8, 4) is 0 Å². The van der Waals surface area contributed by atoms with E-state index in [1.807, 2.05) is 12.1 Å². The molecule has 0 radical (unpaired) electrons. The van der Waals surface area contributed by atoms with E-state index in [9.17, 15) is 13.2 Å². The van der Waals surface area contributed by atoms with E-state index in [0.717, 1.165) is 25.5 Å². The van der Waals surface area contributed by atoms with Gasteiger partial charge in [0, 0.05) is 11.8 Å². The summed E-state index contributed by atoms with van der Waals surface area (Å²) >= 11 is 0. The molecule has 0 spiro atoms. The highest BCUT2D eigenvalue weighted by Crippen LogP contribution is 2.09. The highest BCUT2D eigenvalue weighted by molar-refractivity contribution is 7.91. The highest BCUT2D eigenvalue weighted by atomic mass is 32.2. The molecule has 0 aliphatic rings. The van der Waals surface area contributed by atoms with Crippen molar-refractivity contribution < 1.29 is 13.2 Å². The first-order chi connectivity index (χ1) is 7.92. The first-order valence-corrected chi connectivity index (χ1v) is 7.78. The van der Waals surface area contributed by atoms with E-state index in [1.54, 1.807) is 12.1 Å². The normalized spacial score (nSPS) is 11.4. The van der Waals surface area contributed by atoms with Gasteiger partial charge in [-0.1, -0.05) is 37.6 Å². The van der Waals surface area contributed by atoms with E-state index >= 15 is 0 Å². The van der Waals surface area contributed by atoms with Crippen LogP contribution in [-0.4, -0.2) is 26.2 Å². The summed E-state index contributed by atoms with van der Waals surface area (Å²) in [4.78, 5) is 11.6. The monoisotopic (exact) mass is 254 g/mol. The predicted octanol–water partition coefficient (Wildman–Crippen LogP) is 2.26. The number of ketones is 1. The zero-order chi connectivity index (χ0) is 12.9. The first kappa shape index (κ1) is 13.9. The minimum absolute atomic E-state index is 0.338. The Balaban J connectivity index is 2.70. The van der Waals surface area contributed by atoms with Crippen LogP contribution in [0.5, 0.6) is 0 Å². The van der Waals surface area contributed by atoms with E-state index in [0.29, 0.717) is 5.56 Å². The van der Waals surface area contributed by atoms with Crippen molar-refractivity contribution in [2.45, 2.75) is 26.2 Å². The standard InChI is InChI=1S/C13H18O3S/c1-3-4-5-11-6-8-12(9-7-11)13(14)10-17(2,15)16/h6-9H,3-5,10H2,1-2H3. The Hall–Kier alpha value is -1.16. The van der Waals surface area contributed by atoms with Crippen LogP contribution in [0.1, 0.15) is 35.7 Å². The lowest BCUT2D eigenvalue weighted by Crippen LogP contribution is -2.14. The van der Waals surface area contributed by atoms with E-state index < -0.39 is 15.6 Å². The van der Waals surface area contributed by atoms with Crippen LogP contribution in [0.4, 0.5) is 0 Å². The van der Waals surface area contributed by atoms with E-state index in [2.05, 4.69) is 6.92 Å². The van der Waals surface area contributed by atoms with Gasteiger partial charge in [0.1, 0.15) is 5.75 Å². The molecule has 0 aliphatic carbocycles. The molecule has 0 heterocycles. The number of hydrogen-bond acceptors (Lipinski definition) is 3. The van der Waals surface area contributed by atoms with Crippen molar-refractivity contribution in [3.63, 3.8) is 0 Å². The summed E-state index contributed by atoms with van der Waals surface area (Å²) in [5.41, 5.74) is 1.65. The minimum atomic E-state index is -3.25. The predicted molar refractivity (Wildman–Crippen MR) is 69.1 cm³/mol. The SMILES string of the molecule is CCCCc1ccc(C(=O)CS(C)(=O)=O)cc1. The molecule has 3 nitrogen and oxygen atoms in total. The van der Waals surface area contributed by atoms with E-state index in [1.165, 1.54) is 5.56 Å². The van der Waals surface area contributed by atoms with Crippen LogP contribution < -0.4 is 0 Å². The van der Waals surface area contributed by atoms with Gasteiger partial charge in [0.15, 0.2) is 15.6 Å². The maximum absolute atomic E-state index is 11.6. The van der Waals surface area contributed by atoms with Crippen molar-refractivity contribution in [2.24, 2.45) is 0 Å². The number of hydrogen-bond donors (Lipinski definition) is 0. The number of carbonyl (C=O) groups is 1. The van der Waals surface area contributed by atoms with Crippen LogP contribution in [0, 0.1) is 0 Å². The van der Waals surface area contributed by atoms with Crippen LogP contribution in [0.2, 0.25) is 0 Å². The molecule has 0 aliphatic heterocycles. The molecule has 0 aromatic heterocycles.